The molecule has 2 aromatic carbocycles. The maximum atomic E-state index is 5.91. The number of benzene rings is 2. The van der Waals surface area contributed by atoms with Crippen molar-refractivity contribution in [1.82, 2.24) is 0 Å². The predicted molar refractivity (Wildman–Crippen MR) is 80.5 cm³/mol. The van der Waals surface area contributed by atoms with Crippen LogP contribution in [0.2, 0.25) is 5.39 Å². The van der Waals surface area contributed by atoms with Gasteiger partial charge in [-0.3, -0.25) is 0 Å². The molecule has 0 fully saturated rings. The average Bonchev–Trinajstić information content (AvgIpc) is 2.41. The first-order chi connectivity index (χ1) is 8.77. The zero-order valence-electron chi connectivity index (χ0n) is 9.71. The summed E-state index contributed by atoms with van der Waals surface area (Å²) < 4.78 is 0. The summed E-state index contributed by atoms with van der Waals surface area (Å²) in [7, 11) is 11.5. The van der Waals surface area contributed by atoms with Crippen molar-refractivity contribution in [3.63, 3.8) is 0 Å². The van der Waals surface area contributed by atoms with E-state index >= 15 is 0 Å². The van der Waals surface area contributed by atoms with Crippen LogP contribution in [0.3, 0.4) is 0 Å². The molecule has 0 bridgehead atoms. The molecular formula is C14H14Cl2NiP. The molecule has 0 N–H and O–H groups in total. The topological polar surface area (TPSA) is 0 Å². The Kier molecular flexibility index (Phi) is 5.99. The van der Waals surface area contributed by atoms with Gasteiger partial charge >= 0.3 is 123 Å². The molecule has 0 aromatic heterocycles. The fraction of sp³-hybridized carbons (Fsp3) is 0.143. The molecule has 0 nitrogen and oxygen atoms in total. The van der Waals surface area contributed by atoms with E-state index in [1.165, 1.54) is 10.6 Å². The van der Waals surface area contributed by atoms with Crippen molar-refractivity contribution >= 4 is 38.9 Å². The normalized spacial score (nSPS) is 11.6. The second-order valence-electron chi connectivity index (χ2n) is 3.70. The molecule has 0 aliphatic heterocycles. The van der Waals surface area contributed by atoms with Crippen molar-refractivity contribution < 1.29 is 11.6 Å². The van der Waals surface area contributed by atoms with Gasteiger partial charge in [0.15, 0.2) is 0 Å². The molecule has 99 valence electrons. The zero-order valence-corrected chi connectivity index (χ0v) is 13.1. The zero-order chi connectivity index (χ0) is 12.8. The Labute approximate surface area is 122 Å². The van der Waals surface area contributed by atoms with E-state index in [2.05, 4.69) is 60.7 Å². The fourth-order valence-electron chi connectivity index (χ4n) is 1.75. The van der Waals surface area contributed by atoms with Gasteiger partial charge < -0.3 is 0 Å². The number of halogens is 2. The Balaban J connectivity index is 2.24. The van der Waals surface area contributed by atoms with Crippen molar-refractivity contribution in [2.45, 2.75) is 5.39 Å². The van der Waals surface area contributed by atoms with E-state index in [-0.39, 0.29) is 7.92 Å². The Morgan fingerprint density at radius 1 is 0.778 bits per heavy atom. The summed E-state index contributed by atoms with van der Waals surface area (Å²) >= 11 is -0.647. The monoisotopic (exact) mass is 341 g/mol. The molecule has 0 aliphatic rings. The van der Waals surface area contributed by atoms with Gasteiger partial charge in [0.1, 0.15) is 0 Å². The molecule has 0 spiro atoms. The van der Waals surface area contributed by atoms with Crippen LogP contribution in [0.4, 0.5) is 0 Å². The Morgan fingerprint density at radius 3 is 1.61 bits per heavy atom. The van der Waals surface area contributed by atoms with E-state index in [1.54, 1.807) is 0 Å². The summed E-state index contributed by atoms with van der Waals surface area (Å²) in [6.45, 7) is 0. The standard InChI is InChI=1S/C14H14P.2ClH.Ni/c1-2-15(13-9-5-3-6-10-13)14-11-7-4-8-12-14;;;/h3-12H,1-2H2;2*1H;/q;;;+2/p-2. The summed E-state index contributed by atoms with van der Waals surface area (Å²) in [6, 6.07) is 21.3. The molecule has 18 heavy (non-hydrogen) atoms. The molecule has 0 unspecified atom stereocenters. The molecule has 4 heteroatoms. The van der Waals surface area contributed by atoms with Crippen LogP contribution < -0.4 is 10.6 Å². The minimum absolute atomic E-state index is 0.342. The first-order valence-corrected chi connectivity index (χ1v) is 10.5. The van der Waals surface area contributed by atoms with Gasteiger partial charge in [-0.15, -0.1) is 0 Å². The third-order valence-corrected chi connectivity index (χ3v) is 7.00. The molecule has 0 amide bonds. The summed E-state index contributed by atoms with van der Waals surface area (Å²) in [6.07, 6.45) is 1.05. The predicted octanol–water partition coefficient (Wildman–Crippen LogP) is 4.46. The fourth-order valence-corrected chi connectivity index (χ4v) is 6.36. The summed E-state index contributed by atoms with van der Waals surface area (Å²) in [5.74, 6) is 0. The Morgan fingerprint density at radius 2 is 1.22 bits per heavy atom. The van der Waals surface area contributed by atoms with Gasteiger partial charge in [0.05, 0.1) is 0 Å². The molecule has 0 saturated heterocycles. The molecule has 0 radical (unpaired) electrons. The molecule has 0 aliphatic carbocycles. The quantitative estimate of drug-likeness (QED) is 0.556. The third-order valence-electron chi connectivity index (χ3n) is 2.55. The molecule has 2 rings (SSSR count). The first kappa shape index (κ1) is 14.4. The first-order valence-electron chi connectivity index (χ1n) is 5.55. The van der Waals surface area contributed by atoms with Gasteiger partial charge in [0.2, 0.25) is 0 Å². The van der Waals surface area contributed by atoms with Crippen molar-refractivity contribution in [2.24, 2.45) is 0 Å². The second-order valence-corrected chi connectivity index (χ2v) is 10.1. The SMILES string of the molecule is [Cl][Ni]([Cl])[CH2]CP(c1ccccc1)c1ccccc1. The van der Waals surface area contributed by atoms with Crippen LogP contribution in [0.1, 0.15) is 0 Å². The van der Waals surface area contributed by atoms with Crippen LogP contribution in [-0.4, -0.2) is 6.16 Å². The van der Waals surface area contributed by atoms with Crippen molar-refractivity contribution in [1.29, 1.82) is 0 Å². The number of hydrogen-bond acceptors (Lipinski definition) is 0. The van der Waals surface area contributed by atoms with E-state index in [1.807, 2.05) is 0 Å². The van der Waals surface area contributed by atoms with E-state index in [4.69, 9.17) is 20.4 Å². The van der Waals surface area contributed by atoms with Crippen LogP contribution >= 0.6 is 28.3 Å². The van der Waals surface area contributed by atoms with Gasteiger partial charge in [-0.2, -0.15) is 0 Å². The van der Waals surface area contributed by atoms with Crippen molar-refractivity contribution in [3.8, 4) is 0 Å². The minimum atomic E-state index is -0.647. The van der Waals surface area contributed by atoms with Gasteiger partial charge in [-0.1, -0.05) is 0 Å². The molecule has 0 atom stereocenters. The molecular weight excluding hydrogens is 329 g/mol. The van der Waals surface area contributed by atoms with Crippen molar-refractivity contribution in [3.05, 3.63) is 60.7 Å². The second kappa shape index (κ2) is 7.51. The Bertz CT molecular complexity index is 422. The van der Waals surface area contributed by atoms with Crippen molar-refractivity contribution in [2.75, 3.05) is 6.16 Å². The van der Waals surface area contributed by atoms with Gasteiger partial charge in [0, 0.05) is 0 Å². The van der Waals surface area contributed by atoms with Crippen LogP contribution in [0.5, 0.6) is 0 Å². The van der Waals surface area contributed by atoms with E-state index in [9.17, 15) is 0 Å². The molecule has 2 aromatic rings. The van der Waals surface area contributed by atoms with E-state index in [0.717, 1.165) is 11.6 Å². The number of rotatable bonds is 5. The van der Waals surface area contributed by atoms with Crippen LogP contribution in [0.15, 0.2) is 60.7 Å². The van der Waals surface area contributed by atoms with Gasteiger partial charge in [-0.25, -0.2) is 0 Å². The Hall–Kier alpha value is -0.0565. The number of hydrogen-bond donors (Lipinski definition) is 0. The van der Waals surface area contributed by atoms with Gasteiger partial charge in [-0.05, 0) is 0 Å². The summed E-state index contributed by atoms with van der Waals surface area (Å²) in [4.78, 5) is 0. The molecule has 0 saturated carbocycles. The third kappa shape index (κ3) is 4.25. The van der Waals surface area contributed by atoms with E-state index in [0.29, 0.717) is 0 Å². The van der Waals surface area contributed by atoms with E-state index < -0.39 is 11.6 Å². The van der Waals surface area contributed by atoms with Crippen LogP contribution in [0, 0.1) is 0 Å². The van der Waals surface area contributed by atoms with Gasteiger partial charge in [0.25, 0.3) is 0 Å². The van der Waals surface area contributed by atoms with Crippen LogP contribution in [-0.2, 0) is 11.6 Å². The van der Waals surface area contributed by atoms with Crippen LogP contribution in [0.25, 0.3) is 0 Å². The maximum absolute atomic E-state index is 5.91. The summed E-state index contributed by atoms with van der Waals surface area (Å²) in [5, 5.41) is 3.65. The average molecular weight is 343 g/mol. The summed E-state index contributed by atoms with van der Waals surface area (Å²) in [5.41, 5.74) is 0. The molecule has 0 heterocycles.